The molecule has 130 valence electrons. The first kappa shape index (κ1) is 19.3. The third-order valence-corrected chi connectivity index (χ3v) is 3.60. The van der Waals surface area contributed by atoms with Crippen LogP contribution in [0.15, 0.2) is 18.2 Å². The fourth-order valence-corrected chi connectivity index (χ4v) is 2.31. The fourth-order valence-electron chi connectivity index (χ4n) is 2.31. The van der Waals surface area contributed by atoms with Gasteiger partial charge in [-0.25, -0.2) is 4.79 Å². The van der Waals surface area contributed by atoms with Gasteiger partial charge in [0, 0.05) is 0 Å². The Bertz CT molecular complexity index is 472. The molecule has 0 unspecified atom stereocenters. The van der Waals surface area contributed by atoms with Crippen molar-refractivity contribution in [1.29, 1.82) is 0 Å². The van der Waals surface area contributed by atoms with Crippen LogP contribution in [0.3, 0.4) is 0 Å². The molecule has 0 bridgehead atoms. The number of anilines is 1. The summed E-state index contributed by atoms with van der Waals surface area (Å²) in [5.41, 5.74) is 6.93. The van der Waals surface area contributed by atoms with Crippen molar-refractivity contribution in [2.45, 2.75) is 71.8 Å². The van der Waals surface area contributed by atoms with Crippen LogP contribution in [0.1, 0.15) is 76.1 Å². The van der Waals surface area contributed by atoms with E-state index in [4.69, 9.17) is 15.2 Å². The van der Waals surface area contributed by atoms with Crippen molar-refractivity contribution < 1.29 is 14.3 Å². The molecule has 0 aromatic heterocycles. The Kier molecular flexibility index (Phi) is 9.18. The molecule has 0 fully saturated rings. The number of carbonyl (C=O) groups excluding carboxylic acids is 1. The molecule has 0 aliphatic carbocycles. The second-order valence-corrected chi connectivity index (χ2v) is 6.18. The number of hydrogen-bond donors (Lipinski definition) is 1. The molecule has 1 aromatic carbocycles. The second kappa shape index (κ2) is 10.9. The molecule has 2 N–H and O–H groups in total. The minimum absolute atomic E-state index is 0.142. The SMILES string of the molecule is CCCCCCCCCOc1cc(C(=O)OC(C)C)ccc1N. The van der Waals surface area contributed by atoms with Gasteiger partial charge in [0.15, 0.2) is 0 Å². The first-order valence-corrected chi connectivity index (χ1v) is 8.78. The third kappa shape index (κ3) is 7.91. The zero-order valence-electron chi connectivity index (χ0n) is 14.8. The number of benzene rings is 1. The quantitative estimate of drug-likeness (QED) is 0.355. The molecular formula is C19H31NO3. The van der Waals surface area contributed by atoms with Crippen molar-refractivity contribution in [3.05, 3.63) is 23.8 Å². The summed E-state index contributed by atoms with van der Waals surface area (Å²) in [4.78, 5) is 11.9. The first-order valence-electron chi connectivity index (χ1n) is 8.78. The summed E-state index contributed by atoms with van der Waals surface area (Å²) in [6.45, 7) is 6.50. The summed E-state index contributed by atoms with van der Waals surface area (Å²) in [5, 5.41) is 0. The molecule has 0 saturated heterocycles. The van der Waals surface area contributed by atoms with Crippen LogP contribution in [0, 0.1) is 0 Å². The average Bonchev–Trinajstić information content (AvgIpc) is 2.50. The summed E-state index contributed by atoms with van der Waals surface area (Å²) >= 11 is 0. The van der Waals surface area contributed by atoms with Gasteiger partial charge in [0.2, 0.25) is 0 Å². The maximum Gasteiger partial charge on any atom is 0.338 e. The van der Waals surface area contributed by atoms with Gasteiger partial charge in [-0.1, -0.05) is 45.4 Å². The number of nitrogens with two attached hydrogens (primary N) is 1. The number of hydrogen-bond acceptors (Lipinski definition) is 4. The highest BCUT2D eigenvalue weighted by molar-refractivity contribution is 5.90. The Morgan fingerprint density at radius 3 is 2.39 bits per heavy atom. The topological polar surface area (TPSA) is 61.5 Å². The highest BCUT2D eigenvalue weighted by Crippen LogP contribution is 2.24. The van der Waals surface area contributed by atoms with Gasteiger partial charge < -0.3 is 15.2 Å². The minimum Gasteiger partial charge on any atom is -0.491 e. The van der Waals surface area contributed by atoms with Crippen molar-refractivity contribution in [2.75, 3.05) is 12.3 Å². The molecule has 1 aromatic rings. The molecule has 4 heteroatoms. The zero-order valence-corrected chi connectivity index (χ0v) is 14.8. The Morgan fingerprint density at radius 2 is 1.74 bits per heavy atom. The molecule has 0 spiro atoms. The molecule has 0 aliphatic heterocycles. The van der Waals surface area contributed by atoms with Gasteiger partial charge in [0.25, 0.3) is 0 Å². The van der Waals surface area contributed by atoms with E-state index in [0.29, 0.717) is 23.6 Å². The Labute approximate surface area is 140 Å². The van der Waals surface area contributed by atoms with Crippen LogP contribution in [0.2, 0.25) is 0 Å². The summed E-state index contributed by atoms with van der Waals surface area (Å²) in [6, 6.07) is 5.03. The van der Waals surface area contributed by atoms with E-state index < -0.39 is 0 Å². The van der Waals surface area contributed by atoms with E-state index >= 15 is 0 Å². The van der Waals surface area contributed by atoms with Gasteiger partial charge in [0.05, 0.1) is 24.0 Å². The van der Waals surface area contributed by atoms with Crippen molar-refractivity contribution in [3.8, 4) is 5.75 Å². The zero-order chi connectivity index (χ0) is 17.1. The van der Waals surface area contributed by atoms with Crippen molar-refractivity contribution >= 4 is 11.7 Å². The lowest BCUT2D eigenvalue weighted by Gasteiger charge is -2.12. The van der Waals surface area contributed by atoms with Crippen LogP contribution < -0.4 is 10.5 Å². The molecule has 0 heterocycles. The monoisotopic (exact) mass is 321 g/mol. The minimum atomic E-state index is -0.347. The fraction of sp³-hybridized carbons (Fsp3) is 0.632. The summed E-state index contributed by atoms with van der Waals surface area (Å²) in [6.07, 6.45) is 8.50. The van der Waals surface area contributed by atoms with E-state index in [1.54, 1.807) is 18.2 Å². The summed E-state index contributed by atoms with van der Waals surface area (Å²) < 4.78 is 10.9. The molecule has 0 radical (unpaired) electrons. The van der Waals surface area contributed by atoms with Gasteiger partial charge >= 0.3 is 5.97 Å². The molecule has 0 amide bonds. The van der Waals surface area contributed by atoms with Gasteiger partial charge in [-0.15, -0.1) is 0 Å². The van der Waals surface area contributed by atoms with Crippen molar-refractivity contribution in [1.82, 2.24) is 0 Å². The largest absolute Gasteiger partial charge is 0.491 e. The van der Waals surface area contributed by atoms with Gasteiger partial charge in [0.1, 0.15) is 5.75 Å². The molecule has 4 nitrogen and oxygen atoms in total. The predicted molar refractivity (Wildman–Crippen MR) is 94.9 cm³/mol. The lowest BCUT2D eigenvalue weighted by atomic mass is 10.1. The molecule has 0 saturated carbocycles. The highest BCUT2D eigenvalue weighted by atomic mass is 16.5. The number of esters is 1. The molecule has 0 aliphatic rings. The first-order chi connectivity index (χ1) is 11.0. The smallest absolute Gasteiger partial charge is 0.338 e. The molecule has 1 rings (SSSR count). The Hall–Kier alpha value is -1.71. The van der Waals surface area contributed by atoms with E-state index in [9.17, 15) is 4.79 Å². The molecule has 23 heavy (non-hydrogen) atoms. The maximum atomic E-state index is 11.9. The summed E-state index contributed by atoms with van der Waals surface area (Å²) in [5.74, 6) is 0.218. The number of nitrogen functional groups attached to an aromatic ring is 1. The van der Waals surface area contributed by atoms with E-state index in [1.807, 2.05) is 13.8 Å². The molecular weight excluding hydrogens is 290 g/mol. The number of carbonyl (C=O) groups is 1. The highest BCUT2D eigenvalue weighted by Gasteiger charge is 2.12. The maximum absolute atomic E-state index is 11.9. The number of unbranched alkanes of at least 4 members (excludes halogenated alkanes) is 6. The predicted octanol–water partition coefficient (Wildman–Crippen LogP) is 4.96. The second-order valence-electron chi connectivity index (χ2n) is 6.18. The standard InChI is InChI=1S/C19H31NO3/c1-4-5-6-7-8-9-10-13-22-18-14-16(11-12-17(18)20)19(21)23-15(2)3/h11-12,14-15H,4-10,13,20H2,1-3H3. The van der Waals surface area contributed by atoms with Crippen LogP contribution in [-0.2, 0) is 4.74 Å². The van der Waals surface area contributed by atoms with Crippen molar-refractivity contribution in [3.63, 3.8) is 0 Å². The van der Waals surface area contributed by atoms with E-state index in [2.05, 4.69) is 6.92 Å². The number of rotatable bonds is 11. The Morgan fingerprint density at radius 1 is 1.09 bits per heavy atom. The van der Waals surface area contributed by atoms with Crippen LogP contribution in [0.5, 0.6) is 5.75 Å². The van der Waals surface area contributed by atoms with Gasteiger partial charge in [-0.05, 0) is 38.5 Å². The lowest BCUT2D eigenvalue weighted by Crippen LogP contribution is -2.12. The van der Waals surface area contributed by atoms with Crippen LogP contribution in [-0.4, -0.2) is 18.7 Å². The number of ether oxygens (including phenoxy) is 2. The van der Waals surface area contributed by atoms with Crippen LogP contribution in [0.25, 0.3) is 0 Å². The summed E-state index contributed by atoms with van der Waals surface area (Å²) in [7, 11) is 0. The third-order valence-electron chi connectivity index (χ3n) is 3.60. The van der Waals surface area contributed by atoms with Crippen LogP contribution in [0.4, 0.5) is 5.69 Å². The van der Waals surface area contributed by atoms with Crippen LogP contribution >= 0.6 is 0 Å². The van der Waals surface area contributed by atoms with Gasteiger partial charge in [-0.3, -0.25) is 0 Å². The molecule has 0 atom stereocenters. The Balaban J connectivity index is 2.37. The van der Waals surface area contributed by atoms with E-state index in [0.717, 1.165) is 6.42 Å². The van der Waals surface area contributed by atoms with E-state index in [-0.39, 0.29) is 12.1 Å². The normalized spacial score (nSPS) is 10.8. The van der Waals surface area contributed by atoms with Gasteiger partial charge in [-0.2, -0.15) is 0 Å². The van der Waals surface area contributed by atoms with E-state index in [1.165, 1.54) is 38.5 Å². The lowest BCUT2D eigenvalue weighted by molar-refractivity contribution is 0.0377. The average molecular weight is 321 g/mol. The van der Waals surface area contributed by atoms with Crippen molar-refractivity contribution in [2.24, 2.45) is 0 Å².